The van der Waals surface area contributed by atoms with Crippen LogP contribution in [0.1, 0.15) is 0 Å². The molecule has 0 saturated carbocycles. The normalized spacial score (nSPS) is 28.9. The van der Waals surface area contributed by atoms with E-state index < -0.39 is 25.0 Å². The van der Waals surface area contributed by atoms with Crippen molar-refractivity contribution in [2.75, 3.05) is 6.61 Å². The summed E-state index contributed by atoms with van der Waals surface area (Å²) in [6.07, 6.45) is -0.343. The van der Waals surface area contributed by atoms with Crippen molar-refractivity contribution in [1.82, 2.24) is 0 Å². The Morgan fingerprint density at radius 3 is 1.55 bits per heavy atom. The molecule has 4 nitrogen and oxygen atoms in total. The van der Waals surface area contributed by atoms with Gasteiger partial charge >= 0.3 is 0 Å². The summed E-state index contributed by atoms with van der Waals surface area (Å²) in [4.78, 5) is 0. The second-order valence-corrected chi connectivity index (χ2v) is 21.8. The average molecular weight is 337 g/mol. The second kappa shape index (κ2) is 6.31. The van der Waals surface area contributed by atoms with Crippen LogP contribution >= 0.6 is 0 Å². The lowest BCUT2D eigenvalue weighted by atomic mass is 10.2. The molecule has 1 fully saturated rings. The van der Waals surface area contributed by atoms with Gasteiger partial charge in [-0.2, -0.15) is 0 Å². The molecule has 0 amide bonds. The zero-order chi connectivity index (χ0) is 15.8. The molecule has 0 aromatic heterocycles. The van der Waals surface area contributed by atoms with Crippen LogP contribution in [0.15, 0.2) is 0 Å². The van der Waals surface area contributed by atoms with Crippen LogP contribution in [-0.2, 0) is 18.0 Å². The van der Waals surface area contributed by atoms with E-state index in [1.807, 2.05) is 0 Å². The Morgan fingerprint density at radius 1 is 0.700 bits per heavy atom. The van der Waals surface area contributed by atoms with Crippen molar-refractivity contribution in [2.45, 2.75) is 77.4 Å². The van der Waals surface area contributed by atoms with Crippen LogP contribution in [0.2, 0.25) is 58.9 Å². The fourth-order valence-electron chi connectivity index (χ4n) is 2.10. The van der Waals surface area contributed by atoms with E-state index in [4.69, 9.17) is 18.0 Å². The van der Waals surface area contributed by atoms with Gasteiger partial charge in [-0.15, -0.1) is 0 Å². The summed E-state index contributed by atoms with van der Waals surface area (Å²) < 4.78 is 24.6. The molecule has 1 aliphatic heterocycles. The van der Waals surface area contributed by atoms with Gasteiger partial charge in [0.1, 0.15) is 6.10 Å². The highest BCUT2D eigenvalue weighted by molar-refractivity contribution is 6.70. The summed E-state index contributed by atoms with van der Waals surface area (Å²) in [6.45, 7) is 20.3. The number of hydrogen-bond donors (Lipinski definition) is 0. The molecule has 3 atom stereocenters. The molecule has 0 N–H and O–H groups in total. The van der Waals surface area contributed by atoms with Gasteiger partial charge in [0.15, 0.2) is 31.2 Å². The predicted molar refractivity (Wildman–Crippen MR) is 90.6 cm³/mol. The molecule has 0 radical (unpaired) electrons. The molecule has 1 heterocycles. The molecular weight excluding hydrogens is 304 g/mol. The van der Waals surface area contributed by atoms with Crippen molar-refractivity contribution in [3.8, 4) is 0 Å². The van der Waals surface area contributed by atoms with Gasteiger partial charge in [-0.25, -0.2) is 0 Å². The molecule has 1 saturated heterocycles. The Labute approximate surface area is 127 Å². The van der Waals surface area contributed by atoms with E-state index >= 15 is 0 Å². The molecule has 1 aliphatic rings. The minimum absolute atomic E-state index is 0.00902. The smallest absolute Gasteiger partial charge is 0.187 e. The molecular formula is C13H32O4Si3. The first-order valence-electron chi connectivity index (χ1n) is 7.42. The van der Waals surface area contributed by atoms with E-state index in [0.29, 0.717) is 6.61 Å². The van der Waals surface area contributed by atoms with Crippen LogP contribution in [0, 0.1) is 0 Å². The third kappa shape index (κ3) is 6.97. The maximum absolute atomic E-state index is 6.32. The molecule has 0 aliphatic carbocycles. The summed E-state index contributed by atoms with van der Waals surface area (Å²) in [6, 6.07) is 0. The van der Waals surface area contributed by atoms with E-state index in [2.05, 4.69) is 58.9 Å². The Bertz CT molecular complexity index is 293. The van der Waals surface area contributed by atoms with E-state index in [0.717, 1.165) is 0 Å². The van der Waals surface area contributed by atoms with Gasteiger partial charge in [0.25, 0.3) is 0 Å². The Balaban J connectivity index is 2.81. The van der Waals surface area contributed by atoms with Crippen LogP contribution in [0.3, 0.4) is 0 Å². The van der Waals surface area contributed by atoms with Crippen molar-refractivity contribution >= 4 is 25.0 Å². The van der Waals surface area contributed by atoms with Gasteiger partial charge in [-0.05, 0) is 58.9 Å². The lowest BCUT2D eigenvalue weighted by Gasteiger charge is -2.34. The van der Waals surface area contributed by atoms with Crippen LogP contribution in [-0.4, -0.2) is 50.1 Å². The van der Waals surface area contributed by atoms with Crippen molar-refractivity contribution < 1.29 is 18.0 Å². The minimum Gasteiger partial charge on any atom is -0.410 e. The van der Waals surface area contributed by atoms with Crippen molar-refractivity contribution in [2.24, 2.45) is 0 Å². The van der Waals surface area contributed by atoms with E-state index in [1.54, 1.807) is 0 Å². The third-order valence-electron chi connectivity index (χ3n) is 2.52. The molecule has 0 unspecified atom stereocenters. The molecule has 0 aromatic carbocycles. The SMILES string of the molecule is C[Si](C)(C)O[C@H]1OC[C@H](O[Si](C)(C)C)[C@@H]1O[Si](C)(C)C. The Morgan fingerprint density at radius 2 is 1.15 bits per heavy atom. The van der Waals surface area contributed by atoms with Gasteiger partial charge in [0, 0.05) is 0 Å². The molecule has 7 heteroatoms. The highest BCUT2D eigenvalue weighted by Crippen LogP contribution is 2.29. The van der Waals surface area contributed by atoms with Crippen LogP contribution in [0.4, 0.5) is 0 Å². The number of hydrogen-bond acceptors (Lipinski definition) is 4. The zero-order valence-electron chi connectivity index (χ0n) is 14.6. The summed E-state index contributed by atoms with van der Waals surface area (Å²) in [5.41, 5.74) is 0. The van der Waals surface area contributed by atoms with Gasteiger partial charge < -0.3 is 18.0 Å². The average Bonchev–Trinajstić information content (AvgIpc) is 2.42. The minimum atomic E-state index is -1.67. The van der Waals surface area contributed by atoms with Gasteiger partial charge in [0.2, 0.25) is 0 Å². The molecule has 20 heavy (non-hydrogen) atoms. The predicted octanol–water partition coefficient (Wildman–Crippen LogP) is 3.63. The van der Waals surface area contributed by atoms with Gasteiger partial charge in [-0.1, -0.05) is 0 Å². The summed E-state index contributed by atoms with van der Waals surface area (Å²) in [7, 11) is -4.94. The lowest BCUT2D eigenvalue weighted by molar-refractivity contribution is -0.0922. The molecule has 120 valence electrons. The highest BCUT2D eigenvalue weighted by Gasteiger charge is 2.45. The summed E-state index contributed by atoms with van der Waals surface area (Å²) >= 11 is 0. The maximum atomic E-state index is 6.32. The highest BCUT2D eigenvalue weighted by atomic mass is 28.4. The molecule has 1 rings (SSSR count). The first-order valence-corrected chi connectivity index (χ1v) is 17.6. The molecule has 0 bridgehead atoms. The standard InChI is InChI=1S/C13H32O4Si3/c1-18(2,3)15-11-10-14-13(17-20(7,8)9)12(11)16-19(4,5)6/h11-13H,10H2,1-9H3/t11-,12-,13+/m0/s1. The van der Waals surface area contributed by atoms with Crippen LogP contribution < -0.4 is 0 Å². The van der Waals surface area contributed by atoms with Gasteiger partial charge in [0.05, 0.1) is 12.7 Å². The number of ether oxygens (including phenoxy) is 1. The third-order valence-corrected chi connectivity index (χ3v) is 5.45. The monoisotopic (exact) mass is 336 g/mol. The zero-order valence-corrected chi connectivity index (χ0v) is 17.6. The van der Waals surface area contributed by atoms with Crippen molar-refractivity contribution in [3.05, 3.63) is 0 Å². The summed E-state index contributed by atoms with van der Waals surface area (Å²) in [5, 5.41) is 0. The topological polar surface area (TPSA) is 36.9 Å². The largest absolute Gasteiger partial charge is 0.410 e. The van der Waals surface area contributed by atoms with E-state index in [9.17, 15) is 0 Å². The fourth-order valence-corrected chi connectivity index (χ4v) is 5.19. The summed E-state index contributed by atoms with van der Waals surface area (Å²) in [5.74, 6) is 0. The van der Waals surface area contributed by atoms with E-state index in [1.165, 1.54) is 0 Å². The van der Waals surface area contributed by atoms with Gasteiger partial charge in [-0.3, -0.25) is 0 Å². The number of rotatable bonds is 6. The van der Waals surface area contributed by atoms with Crippen molar-refractivity contribution in [1.29, 1.82) is 0 Å². The quantitative estimate of drug-likeness (QED) is 0.694. The first-order chi connectivity index (χ1) is 8.77. The first kappa shape index (κ1) is 18.5. The lowest BCUT2D eigenvalue weighted by Crippen LogP contribution is -2.48. The van der Waals surface area contributed by atoms with E-state index in [-0.39, 0.29) is 18.5 Å². The molecule has 0 spiro atoms. The maximum Gasteiger partial charge on any atom is 0.187 e. The Kier molecular flexibility index (Phi) is 5.85. The van der Waals surface area contributed by atoms with Crippen molar-refractivity contribution in [3.63, 3.8) is 0 Å². The van der Waals surface area contributed by atoms with Crippen LogP contribution in [0.25, 0.3) is 0 Å². The Hall–Kier alpha value is 0.491. The fraction of sp³-hybridized carbons (Fsp3) is 1.00. The van der Waals surface area contributed by atoms with Crippen LogP contribution in [0.5, 0.6) is 0 Å². The molecule has 0 aromatic rings. The second-order valence-electron chi connectivity index (χ2n) is 8.40.